The molecule has 0 aliphatic carbocycles. The molecule has 0 aliphatic heterocycles. The zero-order valence-electron chi connectivity index (χ0n) is 11.3. The van der Waals surface area contributed by atoms with Crippen LogP contribution in [0.15, 0.2) is 12.7 Å². The molecule has 3 nitrogen and oxygen atoms in total. The van der Waals surface area contributed by atoms with Crippen molar-refractivity contribution in [2.75, 3.05) is 6.54 Å². The minimum atomic E-state index is -0.404. The van der Waals surface area contributed by atoms with Crippen LogP contribution in [0.25, 0.3) is 0 Å². The van der Waals surface area contributed by atoms with Crippen LogP contribution in [0.2, 0.25) is 0 Å². The second kappa shape index (κ2) is 6.04. The summed E-state index contributed by atoms with van der Waals surface area (Å²) in [4.78, 5) is 14.0. The van der Waals surface area contributed by atoms with E-state index in [0.29, 0.717) is 12.5 Å². The average molecular weight is 226 g/mol. The number of nitrogens with two attached hydrogens (primary N) is 1. The largest absolute Gasteiger partial charge is 0.333 e. The van der Waals surface area contributed by atoms with E-state index in [0.717, 1.165) is 6.42 Å². The Labute approximate surface area is 99.7 Å². The van der Waals surface area contributed by atoms with Crippen molar-refractivity contribution in [1.29, 1.82) is 0 Å². The van der Waals surface area contributed by atoms with Crippen molar-refractivity contribution in [2.45, 2.75) is 52.6 Å². The summed E-state index contributed by atoms with van der Waals surface area (Å²) in [5.41, 5.74) is 5.71. The molecule has 3 heteroatoms. The minimum absolute atomic E-state index is 0.0149. The third kappa shape index (κ3) is 4.79. The number of nitrogens with zero attached hydrogens (tertiary/aromatic N) is 1. The first-order valence-electron chi connectivity index (χ1n) is 5.88. The van der Waals surface area contributed by atoms with Crippen LogP contribution in [0.4, 0.5) is 0 Å². The fraction of sp³-hybridized carbons (Fsp3) is 0.769. The van der Waals surface area contributed by atoms with Gasteiger partial charge in [-0.1, -0.05) is 19.9 Å². The van der Waals surface area contributed by atoms with Gasteiger partial charge in [-0.3, -0.25) is 4.79 Å². The summed E-state index contributed by atoms with van der Waals surface area (Å²) in [6.45, 7) is 14.4. The monoisotopic (exact) mass is 226 g/mol. The summed E-state index contributed by atoms with van der Waals surface area (Å²) in [5.74, 6) is 0.450. The number of rotatable bonds is 5. The van der Waals surface area contributed by atoms with Crippen LogP contribution >= 0.6 is 0 Å². The Morgan fingerprint density at radius 3 is 2.25 bits per heavy atom. The van der Waals surface area contributed by atoms with Crippen molar-refractivity contribution in [3.8, 4) is 0 Å². The molecule has 0 bridgehead atoms. The maximum atomic E-state index is 12.2. The van der Waals surface area contributed by atoms with E-state index in [1.807, 2.05) is 20.8 Å². The lowest BCUT2D eigenvalue weighted by Gasteiger charge is -2.37. The Morgan fingerprint density at radius 2 is 1.94 bits per heavy atom. The van der Waals surface area contributed by atoms with E-state index in [1.54, 1.807) is 11.0 Å². The van der Waals surface area contributed by atoms with E-state index in [2.05, 4.69) is 20.4 Å². The molecule has 0 aliphatic rings. The molecular weight excluding hydrogens is 200 g/mol. The van der Waals surface area contributed by atoms with E-state index in [4.69, 9.17) is 5.73 Å². The topological polar surface area (TPSA) is 46.3 Å². The molecule has 0 radical (unpaired) electrons. The predicted molar refractivity (Wildman–Crippen MR) is 69.1 cm³/mol. The fourth-order valence-electron chi connectivity index (χ4n) is 1.63. The maximum Gasteiger partial charge on any atom is 0.240 e. The highest BCUT2D eigenvalue weighted by Crippen LogP contribution is 2.16. The molecule has 0 rings (SSSR count). The number of hydrogen-bond donors (Lipinski definition) is 1. The summed E-state index contributed by atoms with van der Waals surface area (Å²) in [6, 6.07) is -0.404. The zero-order chi connectivity index (χ0) is 12.9. The van der Waals surface area contributed by atoms with E-state index in [-0.39, 0.29) is 11.4 Å². The summed E-state index contributed by atoms with van der Waals surface area (Å²) < 4.78 is 0. The molecule has 1 amide bonds. The molecule has 0 heterocycles. The van der Waals surface area contributed by atoms with Crippen molar-refractivity contribution >= 4 is 5.91 Å². The molecule has 94 valence electrons. The standard InChI is InChI=1S/C13H26N2O/c1-7-8-15(13(4,5)6)12(16)11(14)9-10(2)3/h7,10-11H,1,8-9,14H2,2-6H3/t11-/m1/s1. The van der Waals surface area contributed by atoms with Crippen LogP contribution in [-0.4, -0.2) is 28.9 Å². The molecule has 0 saturated carbocycles. The van der Waals surface area contributed by atoms with Crippen LogP contribution in [0.1, 0.15) is 41.0 Å². The summed E-state index contributed by atoms with van der Waals surface area (Å²) in [5, 5.41) is 0. The smallest absolute Gasteiger partial charge is 0.240 e. The fourth-order valence-corrected chi connectivity index (χ4v) is 1.63. The lowest BCUT2D eigenvalue weighted by Crippen LogP contribution is -2.52. The molecule has 0 saturated heterocycles. The molecule has 0 aromatic rings. The van der Waals surface area contributed by atoms with Crippen LogP contribution in [0.3, 0.4) is 0 Å². The molecule has 0 unspecified atom stereocenters. The van der Waals surface area contributed by atoms with Crippen molar-refractivity contribution in [1.82, 2.24) is 4.90 Å². The van der Waals surface area contributed by atoms with Crippen LogP contribution in [-0.2, 0) is 4.79 Å². The van der Waals surface area contributed by atoms with Gasteiger partial charge < -0.3 is 10.6 Å². The number of amides is 1. The highest BCUT2D eigenvalue weighted by molar-refractivity contribution is 5.82. The quantitative estimate of drug-likeness (QED) is 0.730. The highest BCUT2D eigenvalue weighted by atomic mass is 16.2. The second-order valence-electron chi connectivity index (χ2n) is 5.64. The number of hydrogen-bond acceptors (Lipinski definition) is 2. The van der Waals surface area contributed by atoms with Gasteiger partial charge in [-0.2, -0.15) is 0 Å². The van der Waals surface area contributed by atoms with Gasteiger partial charge in [0.1, 0.15) is 0 Å². The van der Waals surface area contributed by atoms with Gasteiger partial charge in [-0.05, 0) is 33.1 Å². The Hall–Kier alpha value is -0.830. The second-order valence-corrected chi connectivity index (χ2v) is 5.64. The van der Waals surface area contributed by atoms with Gasteiger partial charge in [-0.25, -0.2) is 0 Å². The average Bonchev–Trinajstić information content (AvgIpc) is 2.10. The molecule has 2 N–H and O–H groups in total. The van der Waals surface area contributed by atoms with Crippen molar-refractivity contribution in [3.63, 3.8) is 0 Å². The third-order valence-corrected chi connectivity index (χ3v) is 2.43. The van der Waals surface area contributed by atoms with Crippen LogP contribution in [0, 0.1) is 5.92 Å². The van der Waals surface area contributed by atoms with Crippen molar-refractivity contribution < 1.29 is 4.79 Å². The van der Waals surface area contributed by atoms with Crippen LogP contribution in [0.5, 0.6) is 0 Å². The van der Waals surface area contributed by atoms with Gasteiger partial charge >= 0.3 is 0 Å². The molecular formula is C13H26N2O. The van der Waals surface area contributed by atoms with E-state index in [9.17, 15) is 4.79 Å². The third-order valence-electron chi connectivity index (χ3n) is 2.43. The molecule has 0 fully saturated rings. The first-order valence-corrected chi connectivity index (χ1v) is 5.88. The molecule has 0 spiro atoms. The molecule has 0 aromatic carbocycles. The Morgan fingerprint density at radius 1 is 1.44 bits per heavy atom. The Kier molecular flexibility index (Phi) is 5.73. The minimum Gasteiger partial charge on any atom is -0.333 e. The first-order chi connectivity index (χ1) is 7.20. The molecule has 16 heavy (non-hydrogen) atoms. The van der Waals surface area contributed by atoms with Crippen molar-refractivity contribution in [2.24, 2.45) is 11.7 Å². The Balaban J connectivity index is 4.67. The first kappa shape index (κ1) is 15.2. The van der Waals surface area contributed by atoms with Gasteiger partial charge in [0.05, 0.1) is 6.04 Å². The SMILES string of the molecule is C=CCN(C(=O)[C@H](N)CC(C)C)C(C)(C)C. The lowest BCUT2D eigenvalue weighted by molar-refractivity contribution is -0.137. The van der Waals surface area contributed by atoms with Gasteiger partial charge in [0.25, 0.3) is 0 Å². The van der Waals surface area contributed by atoms with Gasteiger partial charge in [0.2, 0.25) is 5.91 Å². The van der Waals surface area contributed by atoms with E-state index >= 15 is 0 Å². The van der Waals surface area contributed by atoms with Gasteiger partial charge in [0.15, 0.2) is 0 Å². The zero-order valence-corrected chi connectivity index (χ0v) is 11.3. The predicted octanol–water partition coefficient (Wildman–Crippen LogP) is 2.17. The summed E-state index contributed by atoms with van der Waals surface area (Å²) >= 11 is 0. The normalized spacial score (nSPS) is 13.7. The molecule has 1 atom stereocenters. The summed E-state index contributed by atoms with van der Waals surface area (Å²) in [6.07, 6.45) is 2.47. The number of carbonyl (C=O) groups excluding carboxylic acids is 1. The van der Waals surface area contributed by atoms with Crippen molar-refractivity contribution in [3.05, 3.63) is 12.7 Å². The lowest BCUT2D eigenvalue weighted by atomic mass is 10.00. The summed E-state index contributed by atoms with van der Waals surface area (Å²) in [7, 11) is 0. The van der Waals surface area contributed by atoms with E-state index in [1.165, 1.54) is 0 Å². The van der Waals surface area contributed by atoms with Gasteiger partial charge in [0, 0.05) is 12.1 Å². The molecule has 0 aromatic heterocycles. The maximum absolute atomic E-state index is 12.2. The number of carbonyl (C=O) groups is 1. The Bertz CT molecular complexity index is 241. The highest BCUT2D eigenvalue weighted by Gasteiger charge is 2.29. The van der Waals surface area contributed by atoms with E-state index < -0.39 is 6.04 Å². The van der Waals surface area contributed by atoms with Gasteiger partial charge in [-0.15, -0.1) is 6.58 Å². The van der Waals surface area contributed by atoms with Crippen LogP contribution < -0.4 is 5.73 Å².